The molecular weight excluding hydrogens is 320 g/mol. The van der Waals surface area contributed by atoms with E-state index in [1.54, 1.807) is 18.8 Å². The van der Waals surface area contributed by atoms with E-state index in [0.717, 1.165) is 4.57 Å². The van der Waals surface area contributed by atoms with E-state index in [0.29, 0.717) is 6.20 Å². The van der Waals surface area contributed by atoms with Gasteiger partial charge >= 0.3 is 13.3 Å². The van der Waals surface area contributed by atoms with Crippen molar-refractivity contribution in [3.63, 3.8) is 0 Å². The number of aromatic nitrogens is 2. The molecule has 22 heavy (non-hydrogen) atoms. The fraction of sp³-hybridized carbons (Fsp3) is 0.545. The molecule has 0 fully saturated rings. The summed E-state index contributed by atoms with van der Waals surface area (Å²) in [6, 6.07) is 0. The zero-order valence-electron chi connectivity index (χ0n) is 11.9. The first-order valence-corrected chi connectivity index (χ1v) is 8.09. The summed E-state index contributed by atoms with van der Waals surface area (Å²) < 4.78 is 36.9. The highest BCUT2D eigenvalue weighted by molar-refractivity contribution is 7.72. The molecule has 1 aliphatic rings. The number of H-pyrrole nitrogens is 1. The van der Waals surface area contributed by atoms with Gasteiger partial charge in [-0.2, -0.15) is 4.39 Å². The number of oxime groups is 1. The summed E-state index contributed by atoms with van der Waals surface area (Å²) in [6.07, 6.45) is -0.428. The molecule has 0 saturated carbocycles. The Hall–Kier alpha value is -1.77. The molecule has 0 bridgehead atoms. The highest BCUT2D eigenvalue weighted by Gasteiger charge is 2.39. The summed E-state index contributed by atoms with van der Waals surface area (Å²) in [5.74, 6) is -1.14. The van der Waals surface area contributed by atoms with E-state index in [1.165, 1.54) is 0 Å². The van der Waals surface area contributed by atoms with E-state index in [4.69, 9.17) is 13.9 Å². The number of aromatic amines is 1. The number of halogens is 1. The van der Waals surface area contributed by atoms with Gasteiger partial charge in [0.2, 0.25) is 12.0 Å². The molecule has 1 aliphatic heterocycles. The Kier molecular flexibility index (Phi) is 4.94. The first-order chi connectivity index (χ1) is 10.4. The third-order valence-electron chi connectivity index (χ3n) is 2.79. The molecule has 1 aromatic rings. The van der Waals surface area contributed by atoms with Crippen LogP contribution in [-0.2, 0) is 18.5 Å². The predicted octanol–water partition coefficient (Wildman–Crippen LogP) is 1.17. The number of hydrogen-bond donors (Lipinski definition) is 1. The molecule has 9 nitrogen and oxygen atoms in total. The molecule has 1 N–H and O–H groups in total. The van der Waals surface area contributed by atoms with Crippen molar-refractivity contribution in [2.75, 3.05) is 13.2 Å². The summed E-state index contributed by atoms with van der Waals surface area (Å²) in [6.45, 7) is 3.55. The van der Waals surface area contributed by atoms with E-state index in [1.807, 2.05) is 0 Å². The Morgan fingerprint density at radius 1 is 1.45 bits per heavy atom. The third kappa shape index (κ3) is 3.18. The maximum Gasteiger partial charge on any atom is 0.379 e. The third-order valence-corrected chi connectivity index (χ3v) is 4.88. The topological polar surface area (TPSA) is 112 Å². The highest BCUT2D eigenvalue weighted by Crippen LogP contribution is 2.53. The Morgan fingerprint density at radius 2 is 2.09 bits per heavy atom. The first kappa shape index (κ1) is 16.6. The lowest BCUT2D eigenvalue weighted by Gasteiger charge is -2.16. The standard InChI is InChI=1S/C11H15FN3O6P/c1-3-19-22(18,20-4-2)8-5-9(21-14-8)15-6-7(12)10(16)13-11(15)17/h6,9H,3-5H2,1-2H3,(H,13,16,17). The molecule has 2 heterocycles. The van der Waals surface area contributed by atoms with Crippen LogP contribution >= 0.6 is 7.60 Å². The highest BCUT2D eigenvalue weighted by atomic mass is 31.2. The number of hydrogen-bond acceptors (Lipinski definition) is 7. The Balaban J connectivity index is 2.25. The lowest BCUT2D eigenvalue weighted by Crippen LogP contribution is -2.33. The molecule has 0 aromatic carbocycles. The van der Waals surface area contributed by atoms with Crippen molar-refractivity contribution in [3.05, 3.63) is 32.9 Å². The van der Waals surface area contributed by atoms with Crippen LogP contribution in [0.15, 0.2) is 20.9 Å². The fourth-order valence-electron chi connectivity index (χ4n) is 1.86. The molecule has 1 unspecified atom stereocenters. The summed E-state index contributed by atoms with van der Waals surface area (Å²) in [7, 11) is -3.62. The normalized spacial score (nSPS) is 18.1. The van der Waals surface area contributed by atoms with Gasteiger partial charge in [0.25, 0.3) is 5.56 Å². The molecule has 1 atom stereocenters. The van der Waals surface area contributed by atoms with Crippen molar-refractivity contribution in [1.29, 1.82) is 0 Å². The maximum absolute atomic E-state index is 13.3. The van der Waals surface area contributed by atoms with Crippen LogP contribution < -0.4 is 11.2 Å². The molecule has 0 saturated heterocycles. The van der Waals surface area contributed by atoms with Gasteiger partial charge in [-0.25, -0.2) is 4.79 Å². The van der Waals surface area contributed by atoms with Crippen molar-refractivity contribution < 1.29 is 22.8 Å². The minimum atomic E-state index is -3.62. The number of rotatable bonds is 6. The van der Waals surface area contributed by atoms with Gasteiger partial charge < -0.3 is 13.9 Å². The van der Waals surface area contributed by atoms with Crippen LogP contribution in [0.25, 0.3) is 0 Å². The molecule has 2 rings (SSSR count). The van der Waals surface area contributed by atoms with E-state index >= 15 is 0 Å². The van der Waals surface area contributed by atoms with E-state index < -0.39 is 30.9 Å². The van der Waals surface area contributed by atoms with E-state index in [2.05, 4.69) is 5.16 Å². The molecular formula is C11H15FN3O6P. The van der Waals surface area contributed by atoms with E-state index in [9.17, 15) is 18.5 Å². The molecule has 122 valence electrons. The van der Waals surface area contributed by atoms with Crippen molar-refractivity contribution in [2.24, 2.45) is 5.16 Å². The predicted molar refractivity (Wildman–Crippen MR) is 74.3 cm³/mol. The van der Waals surface area contributed by atoms with Gasteiger partial charge in [0.15, 0.2) is 5.45 Å². The van der Waals surface area contributed by atoms with Gasteiger partial charge in [0.1, 0.15) is 0 Å². The van der Waals surface area contributed by atoms with Crippen LogP contribution in [0.5, 0.6) is 0 Å². The van der Waals surface area contributed by atoms with Crippen LogP contribution in [0.4, 0.5) is 4.39 Å². The number of nitrogens with zero attached hydrogens (tertiary/aromatic N) is 2. The SMILES string of the molecule is CCOP(=O)(OCC)C1=NOC(n2cc(F)c(=O)[nH]c2=O)C1. The quantitative estimate of drug-likeness (QED) is 0.781. The zero-order valence-corrected chi connectivity index (χ0v) is 12.8. The van der Waals surface area contributed by atoms with Crippen LogP contribution in [0, 0.1) is 5.82 Å². The van der Waals surface area contributed by atoms with Crippen LogP contribution in [0.2, 0.25) is 0 Å². The van der Waals surface area contributed by atoms with Gasteiger partial charge in [-0.1, -0.05) is 5.16 Å². The van der Waals surface area contributed by atoms with Gasteiger partial charge in [0, 0.05) is 0 Å². The Bertz CT molecular complexity index is 732. The second-order valence-corrected chi connectivity index (χ2v) is 6.28. The summed E-state index contributed by atoms with van der Waals surface area (Å²) >= 11 is 0. The van der Waals surface area contributed by atoms with Gasteiger partial charge in [-0.05, 0) is 13.8 Å². The lowest BCUT2D eigenvalue weighted by molar-refractivity contribution is 0.0278. The first-order valence-electron chi connectivity index (χ1n) is 6.54. The summed E-state index contributed by atoms with van der Waals surface area (Å²) in [4.78, 5) is 29.5. The lowest BCUT2D eigenvalue weighted by atomic mass is 10.4. The fourth-order valence-corrected chi connectivity index (χ4v) is 3.44. The molecule has 11 heteroatoms. The summed E-state index contributed by atoms with van der Waals surface area (Å²) in [5.41, 5.74) is -2.00. The Morgan fingerprint density at radius 3 is 2.68 bits per heavy atom. The van der Waals surface area contributed by atoms with Gasteiger partial charge in [-0.15, -0.1) is 0 Å². The van der Waals surface area contributed by atoms with Crippen LogP contribution in [-0.4, -0.2) is 28.2 Å². The molecule has 1 aromatic heterocycles. The minimum Gasteiger partial charge on any atom is -0.369 e. The van der Waals surface area contributed by atoms with Crippen molar-refractivity contribution in [2.45, 2.75) is 26.5 Å². The van der Waals surface area contributed by atoms with Crippen molar-refractivity contribution >= 4 is 13.0 Å². The maximum atomic E-state index is 13.3. The zero-order chi connectivity index (χ0) is 16.3. The smallest absolute Gasteiger partial charge is 0.369 e. The summed E-state index contributed by atoms with van der Waals surface area (Å²) in [5, 5.41) is 3.63. The minimum absolute atomic E-state index is 0.000270. The van der Waals surface area contributed by atoms with Gasteiger partial charge in [-0.3, -0.25) is 18.9 Å². The number of nitrogens with one attached hydrogen (secondary N) is 1. The van der Waals surface area contributed by atoms with Crippen molar-refractivity contribution in [3.8, 4) is 0 Å². The van der Waals surface area contributed by atoms with Crippen LogP contribution in [0.1, 0.15) is 26.5 Å². The second kappa shape index (κ2) is 6.55. The van der Waals surface area contributed by atoms with E-state index in [-0.39, 0.29) is 25.1 Å². The molecule has 0 amide bonds. The molecule has 0 spiro atoms. The Labute approximate surface area is 124 Å². The average Bonchev–Trinajstić information content (AvgIpc) is 2.93. The van der Waals surface area contributed by atoms with Crippen LogP contribution in [0.3, 0.4) is 0 Å². The largest absolute Gasteiger partial charge is 0.379 e. The molecule has 0 aliphatic carbocycles. The van der Waals surface area contributed by atoms with Gasteiger partial charge in [0.05, 0.1) is 25.8 Å². The monoisotopic (exact) mass is 335 g/mol. The second-order valence-electron chi connectivity index (χ2n) is 4.25. The van der Waals surface area contributed by atoms with Crippen molar-refractivity contribution in [1.82, 2.24) is 9.55 Å². The molecule has 0 radical (unpaired) electrons. The average molecular weight is 335 g/mol.